The van der Waals surface area contributed by atoms with E-state index in [9.17, 15) is 4.79 Å². The van der Waals surface area contributed by atoms with E-state index < -0.39 is 0 Å². The number of hydrogen-bond donors (Lipinski definition) is 1. The minimum atomic E-state index is 0.0663. The molecule has 0 spiro atoms. The van der Waals surface area contributed by atoms with Crippen LogP contribution >= 0.6 is 0 Å². The van der Waals surface area contributed by atoms with Crippen LogP contribution in [0.15, 0.2) is 23.3 Å². The lowest BCUT2D eigenvalue weighted by Crippen LogP contribution is -2.34. The number of nitrogens with zero attached hydrogens (tertiary/aromatic N) is 4. The van der Waals surface area contributed by atoms with Gasteiger partial charge in [-0.25, -0.2) is 9.67 Å². The summed E-state index contributed by atoms with van der Waals surface area (Å²) in [6.07, 6.45) is 10.7. The van der Waals surface area contributed by atoms with Crippen LogP contribution in [0.1, 0.15) is 55.1 Å². The highest BCUT2D eigenvalue weighted by atomic mass is 16.1. The molecule has 0 unspecified atom stereocenters. The fourth-order valence-electron chi connectivity index (χ4n) is 3.88. The van der Waals surface area contributed by atoms with Crippen molar-refractivity contribution in [2.75, 3.05) is 5.32 Å². The molecule has 126 valence electrons. The summed E-state index contributed by atoms with van der Waals surface area (Å²) in [5.41, 5.74) is 3.27. The molecule has 1 fully saturated rings. The maximum absolute atomic E-state index is 12.4. The Morgan fingerprint density at radius 2 is 2.00 bits per heavy atom. The lowest BCUT2D eigenvalue weighted by atomic mass is 9.91. The Hall–Kier alpha value is -2.24. The van der Waals surface area contributed by atoms with Gasteiger partial charge in [-0.3, -0.25) is 9.78 Å². The minimum absolute atomic E-state index is 0.0663. The molecule has 2 aromatic heterocycles. The van der Waals surface area contributed by atoms with Crippen LogP contribution in [0.25, 0.3) is 0 Å². The van der Waals surface area contributed by atoms with E-state index in [1.807, 2.05) is 13.0 Å². The van der Waals surface area contributed by atoms with Crippen molar-refractivity contribution in [3.05, 3.63) is 45.8 Å². The highest BCUT2D eigenvalue weighted by molar-refractivity contribution is 5.33. The van der Waals surface area contributed by atoms with Gasteiger partial charge in [0.1, 0.15) is 5.82 Å². The summed E-state index contributed by atoms with van der Waals surface area (Å²) in [6.45, 7) is 1.95. The summed E-state index contributed by atoms with van der Waals surface area (Å²) in [4.78, 5) is 21.0. The Morgan fingerprint density at radius 1 is 1.17 bits per heavy atom. The van der Waals surface area contributed by atoms with Crippen molar-refractivity contribution in [1.29, 1.82) is 0 Å². The van der Waals surface area contributed by atoms with Gasteiger partial charge < -0.3 is 5.32 Å². The zero-order valence-corrected chi connectivity index (χ0v) is 14.0. The van der Waals surface area contributed by atoms with Crippen molar-refractivity contribution >= 4 is 5.82 Å². The summed E-state index contributed by atoms with van der Waals surface area (Å²) in [5, 5.41) is 8.13. The van der Waals surface area contributed by atoms with Crippen molar-refractivity contribution in [2.24, 2.45) is 0 Å². The van der Waals surface area contributed by atoms with E-state index in [1.165, 1.54) is 0 Å². The second-order valence-corrected chi connectivity index (χ2v) is 6.95. The normalized spacial score (nSPS) is 23.0. The van der Waals surface area contributed by atoms with Gasteiger partial charge in [-0.2, -0.15) is 5.10 Å². The van der Waals surface area contributed by atoms with Crippen molar-refractivity contribution < 1.29 is 0 Å². The van der Waals surface area contributed by atoms with Gasteiger partial charge in [0.25, 0.3) is 5.56 Å². The SMILES string of the molecule is Cc1cncc(NC2CCC(n3nc4c(cc3=O)CCC4)CC2)n1. The maximum atomic E-state index is 12.4. The number of aromatic nitrogens is 4. The zero-order valence-electron chi connectivity index (χ0n) is 14.0. The fraction of sp³-hybridized carbons (Fsp3) is 0.556. The predicted octanol–water partition coefficient (Wildman–Crippen LogP) is 2.43. The van der Waals surface area contributed by atoms with Crippen LogP contribution in [0.5, 0.6) is 0 Å². The summed E-state index contributed by atoms with van der Waals surface area (Å²) in [5.74, 6) is 0.839. The smallest absolute Gasteiger partial charge is 0.267 e. The number of nitrogens with one attached hydrogen (secondary N) is 1. The van der Waals surface area contributed by atoms with E-state index in [0.717, 1.165) is 67.7 Å². The first kappa shape index (κ1) is 15.3. The van der Waals surface area contributed by atoms with E-state index in [0.29, 0.717) is 6.04 Å². The monoisotopic (exact) mass is 325 g/mol. The van der Waals surface area contributed by atoms with Crippen LogP contribution in [0.3, 0.4) is 0 Å². The maximum Gasteiger partial charge on any atom is 0.267 e. The third-order valence-electron chi connectivity index (χ3n) is 5.13. The van der Waals surface area contributed by atoms with Crippen molar-refractivity contribution in [3.8, 4) is 0 Å². The van der Waals surface area contributed by atoms with Crippen molar-refractivity contribution in [2.45, 2.75) is 64.0 Å². The third kappa shape index (κ3) is 3.05. The summed E-state index contributed by atoms with van der Waals surface area (Å²) in [6, 6.07) is 2.43. The molecule has 0 saturated heterocycles. The van der Waals surface area contributed by atoms with E-state index in [4.69, 9.17) is 0 Å². The molecule has 6 nitrogen and oxygen atoms in total. The second kappa shape index (κ2) is 6.34. The Morgan fingerprint density at radius 3 is 2.79 bits per heavy atom. The van der Waals surface area contributed by atoms with Crippen LogP contribution < -0.4 is 10.9 Å². The molecule has 2 aromatic rings. The molecule has 1 saturated carbocycles. The molecule has 2 aliphatic carbocycles. The molecule has 0 radical (unpaired) electrons. The molecule has 2 heterocycles. The molecule has 4 rings (SSSR count). The number of fused-ring (bicyclic) bond motifs is 1. The standard InChI is InChI=1S/C18H23N5O/c1-12-10-19-11-17(20-12)21-14-5-7-15(8-6-14)23-18(24)9-13-3-2-4-16(13)22-23/h9-11,14-15H,2-8H2,1H3,(H,20,21). The quantitative estimate of drug-likeness (QED) is 0.938. The molecule has 6 heteroatoms. The predicted molar refractivity (Wildman–Crippen MR) is 92.2 cm³/mol. The van der Waals surface area contributed by atoms with Gasteiger partial charge >= 0.3 is 0 Å². The van der Waals surface area contributed by atoms with Gasteiger partial charge in [0.05, 0.1) is 23.6 Å². The number of rotatable bonds is 3. The highest BCUT2D eigenvalue weighted by Crippen LogP contribution is 2.29. The molecule has 0 bridgehead atoms. The topological polar surface area (TPSA) is 72.7 Å². The average Bonchev–Trinajstić information content (AvgIpc) is 3.02. The van der Waals surface area contributed by atoms with Gasteiger partial charge in [-0.05, 0) is 57.4 Å². The first-order valence-electron chi connectivity index (χ1n) is 8.86. The Labute approximate surface area is 141 Å². The van der Waals surface area contributed by atoms with Gasteiger partial charge in [0.15, 0.2) is 0 Å². The van der Waals surface area contributed by atoms with E-state index in [-0.39, 0.29) is 11.6 Å². The van der Waals surface area contributed by atoms with Gasteiger partial charge in [-0.15, -0.1) is 0 Å². The first-order valence-corrected chi connectivity index (χ1v) is 8.86. The van der Waals surface area contributed by atoms with Crippen molar-refractivity contribution in [1.82, 2.24) is 19.7 Å². The Bertz CT molecular complexity index is 792. The number of aryl methyl sites for hydroxylation is 3. The van der Waals surface area contributed by atoms with Crippen LogP contribution in [0, 0.1) is 6.92 Å². The average molecular weight is 325 g/mol. The highest BCUT2D eigenvalue weighted by Gasteiger charge is 2.25. The second-order valence-electron chi connectivity index (χ2n) is 6.95. The molecule has 1 N–H and O–H groups in total. The molecular weight excluding hydrogens is 302 g/mol. The largest absolute Gasteiger partial charge is 0.366 e. The first-order chi connectivity index (χ1) is 11.7. The molecule has 0 aliphatic heterocycles. The Kier molecular flexibility index (Phi) is 4.04. The molecule has 0 atom stereocenters. The van der Waals surface area contributed by atoms with Crippen LogP contribution in [0.4, 0.5) is 5.82 Å². The van der Waals surface area contributed by atoms with Gasteiger partial charge in [0.2, 0.25) is 0 Å². The summed E-state index contributed by atoms with van der Waals surface area (Å²) in [7, 11) is 0. The molecule has 0 aromatic carbocycles. The number of anilines is 1. The third-order valence-corrected chi connectivity index (χ3v) is 5.13. The zero-order chi connectivity index (χ0) is 16.5. The fourth-order valence-corrected chi connectivity index (χ4v) is 3.88. The molecule has 24 heavy (non-hydrogen) atoms. The molecule has 2 aliphatic rings. The van der Waals surface area contributed by atoms with Gasteiger partial charge in [-0.1, -0.05) is 0 Å². The summed E-state index contributed by atoms with van der Waals surface area (Å²) < 4.78 is 1.74. The number of hydrogen-bond acceptors (Lipinski definition) is 5. The molecule has 0 amide bonds. The van der Waals surface area contributed by atoms with Crippen molar-refractivity contribution in [3.63, 3.8) is 0 Å². The molecular formula is C18H23N5O. The van der Waals surface area contributed by atoms with E-state index >= 15 is 0 Å². The van der Waals surface area contributed by atoms with Crippen LogP contribution in [-0.2, 0) is 12.8 Å². The van der Waals surface area contributed by atoms with Crippen LogP contribution in [0.2, 0.25) is 0 Å². The minimum Gasteiger partial charge on any atom is -0.366 e. The van der Waals surface area contributed by atoms with Gasteiger partial charge in [0, 0.05) is 18.3 Å². The lowest BCUT2D eigenvalue weighted by molar-refractivity contribution is 0.301. The van der Waals surface area contributed by atoms with Crippen LogP contribution in [-0.4, -0.2) is 25.8 Å². The van der Waals surface area contributed by atoms with E-state index in [2.05, 4.69) is 20.4 Å². The lowest BCUT2D eigenvalue weighted by Gasteiger charge is -2.30. The summed E-state index contributed by atoms with van der Waals surface area (Å²) >= 11 is 0. The Balaban J connectivity index is 1.42. The van der Waals surface area contributed by atoms with E-state index in [1.54, 1.807) is 17.1 Å².